The molecular formula is C19H21N5O2S. The molecule has 1 heterocycles. The lowest BCUT2D eigenvalue weighted by Crippen LogP contribution is -2.23. The minimum atomic E-state index is -0.399. The van der Waals surface area contributed by atoms with Gasteiger partial charge in [0.15, 0.2) is 5.82 Å². The van der Waals surface area contributed by atoms with E-state index in [-0.39, 0.29) is 5.91 Å². The number of amides is 1. The van der Waals surface area contributed by atoms with Crippen LogP contribution in [0.2, 0.25) is 0 Å². The van der Waals surface area contributed by atoms with Crippen LogP contribution < -0.4 is 15.9 Å². The second-order valence-corrected chi connectivity index (χ2v) is 7.33. The van der Waals surface area contributed by atoms with Crippen LogP contribution in [0, 0.1) is 6.92 Å². The van der Waals surface area contributed by atoms with E-state index in [9.17, 15) is 4.79 Å². The fraction of sp³-hybridized carbons (Fsp3) is 0.211. The third-order valence-electron chi connectivity index (χ3n) is 3.98. The van der Waals surface area contributed by atoms with Gasteiger partial charge in [-0.05, 0) is 38.1 Å². The van der Waals surface area contributed by atoms with Crippen molar-refractivity contribution in [3.63, 3.8) is 0 Å². The number of carbonyl (C=O) groups is 1. The van der Waals surface area contributed by atoms with Gasteiger partial charge in [0, 0.05) is 11.3 Å². The van der Waals surface area contributed by atoms with Crippen LogP contribution in [0.5, 0.6) is 5.75 Å². The summed E-state index contributed by atoms with van der Waals surface area (Å²) in [5, 5.41) is 11.2. The number of rotatable bonds is 6. The van der Waals surface area contributed by atoms with Gasteiger partial charge < -0.3 is 15.9 Å². The van der Waals surface area contributed by atoms with Crippen molar-refractivity contribution in [3.8, 4) is 17.1 Å². The first-order valence-electron chi connectivity index (χ1n) is 8.37. The van der Waals surface area contributed by atoms with E-state index in [1.807, 2.05) is 31.2 Å². The molecule has 1 atom stereocenters. The normalized spacial score (nSPS) is 11.8. The number of hydrogen-bond donors (Lipinski definition) is 2. The van der Waals surface area contributed by atoms with Gasteiger partial charge >= 0.3 is 0 Å². The maximum Gasteiger partial charge on any atom is 0.237 e. The number of anilines is 1. The average molecular weight is 383 g/mol. The van der Waals surface area contributed by atoms with Crippen molar-refractivity contribution in [2.45, 2.75) is 24.3 Å². The van der Waals surface area contributed by atoms with E-state index in [4.69, 9.17) is 10.6 Å². The van der Waals surface area contributed by atoms with Gasteiger partial charge in [-0.15, -0.1) is 10.2 Å². The summed E-state index contributed by atoms with van der Waals surface area (Å²) in [5.41, 5.74) is 2.72. The van der Waals surface area contributed by atoms with Crippen molar-refractivity contribution in [2.24, 2.45) is 0 Å². The van der Waals surface area contributed by atoms with Gasteiger partial charge in [0.05, 0.1) is 12.4 Å². The highest BCUT2D eigenvalue weighted by Crippen LogP contribution is 2.26. The zero-order chi connectivity index (χ0) is 19.4. The summed E-state index contributed by atoms with van der Waals surface area (Å²) < 4.78 is 6.52. The summed E-state index contributed by atoms with van der Waals surface area (Å²) in [6.45, 7) is 3.81. The molecule has 2 aromatic carbocycles. The lowest BCUT2D eigenvalue weighted by Gasteiger charge is -2.12. The highest BCUT2D eigenvalue weighted by Gasteiger charge is 2.20. The van der Waals surface area contributed by atoms with Crippen LogP contribution in [-0.4, -0.2) is 33.1 Å². The Labute approximate surface area is 161 Å². The first-order valence-corrected chi connectivity index (χ1v) is 9.25. The maximum absolute atomic E-state index is 12.4. The molecule has 0 saturated carbocycles. The third kappa shape index (κ3) is 4.40. The average Bonchev–Trinajstić information content (AvgIpc) is 3.03. The van der Waals surface area contributed by atoms with Crippen molar-refractivity contribution in [1.29, 1.82) is 0 Å². The van der Waals surface area contributed by atoms with Crippen LogP contribution in [0.3, 0.4) is 0 Å². The van der Waals surface area contributed by atoms with E-state index in [2.05, 4.69) is 15.5 Å². The number of methoxy groups -OCH3 is 1. The Kier molecular flexibility index (Phi) is 5.66. The number of aryl methyl sites for hydroxylation is 1. The third-order valence-corrected chi connectivity index (χ3v) is 5.04. The lowest BCUT2D eigenvalue weighted by molar-refractivity contribution is -0.115. The molecule has 3 N–H and O–H groups in total. The van der Waals surface area contributed by atoms with Crippen molar-refractivity contribution in [2.75, 3.05) is 18.3 Å². The van der Waals surface area contributed by atoms with Crippen molar-refractivity contribution < 1.29 is 9.53 Å². The summed E-state index contributed by atoms with van der Waals surface area (Å²) >= 11 is 1.25. The molecule has 3 aromatic rings. The molecule has 0 radical (unpaired) electrons. The van der Waals surface area contributed by atoms with Crippen molar-refractivity contribution in [1.82, 2.24) is 14.9 Å². The molecule has 7 nitrogen and oxygen atoms in total. The number of nitrogen functional groups attached to an aromatic ring is 1. The Morgan fingerprint density at radius 1 is 1.15 bits per heavy atom. The molecule has 0 aliphatic rings. The molecule has 27 heavy (non-hydrogen) atoms. The molecule has 0 bridgehead atoms. The molecular weight excluding hydrogens is 362 g/mol. The number of aromatic nitrogens is 3. The van der Waals surface area contributed by atoms with Crippen LogP contribution in [-0.2, 0) is 4.79 Å². The molecule has 1 unspecified atom stereocenters. The predicted molar refractivity (Wildman–Crippen MR) is 107 cm³/mol. The monoisotopic (exact) mass is 383 g/mol. The molecule has 1 aromatic heterocycles. The number of carbonyl (C=O) groups excluding carboxylic acids is 1. The molecule has 1 amide bonds. The molecule has 0 fully saturated rings. The quantitative estimate of drug-likeness (QED) is 0.502. The fourth-order valence-corrected chi connectivity index (χ4v) is 3.16. The largest absolute Gasteiger partial charge is 0.497 e. The highest BCUT2D eigenvalue weighted by molar-refractivity contribution is 8.00. The first kappa shape index (κ1) is 18.8. The highest BCUT2D eigenvalue weighted by atomic mass is 32.2. The van der Waals surface area contributed by atoms with Gasteiger partial charge in [0.1, 0.15) is 5.75 Å². The number of hydrogen-bond acceptors (Lipinski definition) is 6. The zero-order valence-electron chi connectivity index (χ0n) is 15.3. The number of nitrogens with two attached hydrogens (primary N) is 1. The van der Waals surface area contributed by atoms with Crippen LogP contribution in [0.4, 0.5) is 5.69 Å². The lowest BCUT2D eigenvalue weighted by atomic mass is 10.1. The SMILES string of the molecule is COc1ccc(NC(=O)C(C)Sc2nnc(-c3ccc(C)cc3)n2N)cc1. The zero-order valence-corrected chi connectivity index (χ0v) is 16.2. The Hall–Kier alpha value is -3.00. The molecule has 0 spiro atoms. The summed E-state index contributed by atoms with van der Waals surface area (Å²) in [4.78, 5) is 12.4. The fourth-order valence-electron chi connectivity index (χ4n) is 2.39. The summed E-state index contributed by atoms with van der Waals surface area (Å²) in [5.74, 6) is 7.27. The second-order valence-electron chi connectivity index (χ2n) is 6.02. The summed E-state index contributed by atoms with van der Waals surface area (Å²) in [6, 6.07) is 15.0. The van der Waals surface area contributed by atoms with Gasteiger partial charge in [0.25, 0.3) is 0 Å². The first-order chi connectivity index (χ1) is 13.0. The number of thioether (sulfide) groups is 1. The van der Waals surface area contributed by atoms with E-state index in [1.54, 1.807) is 38.3 Å². The maximum atomic E-state index is 12.4. The van der Waals surface area contributed by atoms with Gasteiger partial charge in [0.2, 0.25) is 11.1 Å². The van der Waals surface area contributed by atoms with E-state index < -0.39 is 5.25 Å². The van der Waals surface area contributed by atoms with Gasteiger partial charge in [-0.25, -0.2) is 4.68 Å². The minimum absolute atomic E-state index is 0.148. The molecule has 0 aliphatic heterocycles. The smallest absolute Gasteiger partial charge is 0.237 e. The standard InChI is InChI=1S/C19H21N5O2S/c1-12-4-6-14(7-5-12)17-22-23-19(24(17)20)27-13(2)18(25)21-15-8-10-16(26-3)11-9-15/h4-11,13H,20H2,1-3H3,(H,21,25). The molecule has 140 valence electrons. The number of nitrogens with zero attached hydrogens (tertiary/aromatic N) is 3. The molecule has 0 saturated heterocycles. The molecule has 0 aliphatic carbocycles. The predicted octanol–water partition coefficient (Wildman–Crippen LogP) is 3.10. The van der Waals surface area contributed by atoms with Gasteiger partial charge in [-0.1, -0.05) is 41.6 Å². The number of nitrogens with one attached hydrogen (secondary N) is 1. The number of benzene rings is 2. The Balaban J connectivity index is 1.67. The van der Waals surface area contributed by atoms with Crippen LogP contribution in [0.25, 0.3) is 11.4 Å². The second kappa shape index (κ2) is 8.13. The molecule has 3 rings (SSSR count). The summed E-state index contributed by atoms with van der Waals surface area (Å²) in [7, 11) is 1.60. The minimum Gasteiger partial charge on any atom is -0.497 e. The Morgan fingerprint density at radius 3 is 2.44 bits per heavy atom. The van der Waals surface area contributed by atoms with Crippen LogP contribution in [0.15, 0.2) is 53.7 Å². The van der Waals surface area contributed by atoms with Crippen molar-refractivity contribution >= 4 is 23.4 Å². The van der Waals surface area contributed by atoms with E-state index >= 15 is 0 Å². The van der Waals surface area contributed by atoms with Crippen molar-refractivity contribution in [3.05, 3.63) is 54.1 Å². The van der Waals surface area contributed by atoms with Crippen LogP contribution >= 0.6 is 11.8 Å². The van der Waals surface area contributed by atoms with E-state index in [0.717, 1.165) is 16.9 Å². The van der Waals surface area contributed by atoms with E-state index in [1.165, 1.54) is 16.4 Å². The molecule has 8 heteroatoms. The Bertz CT molecular complexity index is 922. The topological polar surface area (TPSA) is 95.1 Å². The van der Waals surface area contributed by atoms with Crippen LogP contribution in [0.1, 0.15) is 12.5 Å². The van der Waals surface area contributed by atoms with E-state index in [0.29, 0.717) is 16.7 Å². The number of ether oxygens (including phenoxy) is 1. The summed E-state index contributed by atoms with van der Waals surface area (Å²) in [6.07, 6.45) is 0. The Morgan fingerprint density at radius 2 is 1.81 bits per heavy atom. The van der Waals surface area contributed by atoms with Gasteiger partial charge in [-0.3, -0.25) is 4.79 Å². The van der Waals surface area contributed by atoms with Gasteiger partial charge in [-0.2, -0.15) is 0 Å².